The standard InChI is InChI=1S/C12H11F2NO4/c1-18-9(16)3-2-6-19-8-5-4-7(13)10(11(8)14)12(15)17/h2-5H,6H2,1H3,(H2,15,17). The maximum atomic E-state index is 13.7. The largest absolute Gasteiger partial charge is 0.486 e. The number of methoxy groups -OCH3 is 1. The van der Waals surface area contributed by atoms with E-state index in [1.165, 1.54) is 13.2 Å². The minimum Gasteiger partial charge on any atom is -0.486 e. The summed E-state index contributed by atoms with van der Waals surface area (Å²) in [6, 6.07) is 1.88. The van der Waals surface area contributed by atoms with Crippen molar-refractivity contribution in [2.45, 2.75) is 0 Å². The van der Waals surface area contributed by atoms with Crippen LogP contribution in [0, 0.1) is 11.6 Å². The molecule has 1 aromatic rings. The van der Waals surface area contributed by atoms with E-state index in [1.54, 1.807) is 0 Å². The Bertz CT molecular complexity index is 529. The molecule has 0 aromatic heterocycles. The van der Waals surface area contributed by atoms with Gasteiger partial charge in [-0.15, -0.1) is 0 Å². The maximum Gasteiger partial charge on any atom is 0.330 e. The smallest absolute Gasteiger partial charge is 0.330 e. The Kier molecular flexibility index (Phi) is 4.99. The van der Waals surface area contributed by atoms with Gasteiger partial charge in [-0.05, 0) is 18.2 Å². The van der Waals surface area contributed by atoms with E-state index in [0.717, 1.165) is 18.2 Å². The van der Waals surface area contributed by atoms with Crippen LogP contribution in [-0.4, -0.2) is 25.6 Å². The molecule has 1 aromatic carbocycles. The van der Waals surface area contributed by atoms with Gasteiger partial charge in [0, 0.05) is 6.08 Å². The van der Waals surface area contributed by atoms with Crippen molar-refractivity contribution >= 4 is 11.9 Å². The highest BCUT2D eigenvalue weighted by Crippen LogP contribution is 2.22. The molecule has 0 saturated heterocycles. The van der Waals surface area contributed by atoms with Gasteiger partial charge < -0.3 is 15.2 Å². The van der Waals surface area contributed by atoms with Gasteiger partial charge in [0.2, 0.25) is 0 Å². The minimum atomic E-state index is -1.23. The molecule has 7 heteroatoms. The van der Waals surface area contributed by atoms with Gasteiger partial charge in [-0.2, -0.15) is 0 Å². The molecule has 0 unspecified atom stereocenters. The molecule has 0 aliphatic heterocycles. The summed E-state index contributed by atoms with van der Waals surface area (Å²) in [6.45, 7) is -0.157. The molecule has 0 aliphatic rings. The fourth-order valence-corrected chi connectivity index (χ4v) is 1.22. The van der Waals surface area contributed by atoms with Gasteiger partial charge in [0.05, 0.1) is 7.11 Å². The van der Waals surface area contributed by atoms with Crippen molar-refractivity contribution in [3.05, 3.63) is 41.5 Å². The number of benzene rings is 1. The average Bonchev–Trinajstić information content (AvgIpc) is 2.36. The predicted octanol–water partition coefficient (Wildman–Crippen LogP) is 1.17. The number of carbonyl (C=O) groups is 2. The highest BCUT2D eigenvalue weighted by atomic mass is 19.1. The molecule has 1 rings (SSSR count). The number of amides is 1. The first-order valence-electron chi connectivity index (χ1n) is 5.12. The SMILES string of the molecule is COC(=O)C=CCOc1ccc(F)c(C(N)=O)c1F. The Labute approximate surface area is 107 Å². The Morgan fingerprint density at radius 3 is 2.63 bits per heavy atom. The van der Waals surface area contributed by atoms with Gasteiger partial charge in [0.15, 0.2) is 11.6 Å². The Balaban J connectivity index is 2.80. The maximum absolute atomic E-state index is 13.7. The van der Waals surface area contributed by atoms with Crippen molar-refractivity contribution in [1.82, 2.24) is 0 Å². The van der Waals surface area contributed by atoms with Crippen molar-refractivity contribution in [2.75, 3.05) is 13.7 Å². The van der Waals surface area contributed by atoms with Crippen LogP contribution in [0.2, 0.25) is 0 Å². The van der Waals surface area contributed by atoms with Gasteiger partial charge in [-0.25, -0.2) is 13.6 Å². The molecular formula is C12H11F2NO4. The molecule has 0 fully saturated rings. The molecule has 5 nitrogen and oxygen atoms in total. The molecule has 0 atom stereocenters. The number of halogens is 2. The lowest BCUT2D eigenvalue weighted by Gasteiger charge is -2.07. The molecule has 102 valence electrons. The normalized spacial score (nSPS) is 10.5. The lowest BCUT2D eigenvalue weighted by atomic mass is 10.1. The molecule has 0 spiro atoms. The molecule has 0 bridgehead atoms. The summed E-state index contributed by atoms with van der Waals surface area (Å²) in [6.07, 6.45) is 2.36. The van der Waals surface area contributed by atoms with Crippen LogP contribution < -0.4 is 10.5 Å². The first-order chi connectivity index (χ1) is 8.97. The first kappa shape index (κ1) is 14.6. The first-order valence-corrected chi connectivity index (χ1v) is 5.12. The Morgan fingerprint density at radius 2 is 2.05 bits per heavy atom. The lowest BCUT2D eigenvalue weighted by Crippen LogP contribution is -2.16. The van der Waals surface area contributed by atoms with E-state index >= 15 is 0 Å². The van der Waals surface area contributed by atoms with E-state index in [1.807, 2.05) is 0 Å². The number of carbonyl (C=O) groups excluding carboxylic acids is 2. The fraction of sp³-hybridized carbons (Fsp3) is 0.167. The van der Waals surface area contributed by atoms with Crippen LogP contribution in [-0.2, 0) is 9.53 Å². The summed E-state index contributed by atoms with van der Waals surface area (Å²) < 4.78 is 36.1. The van der Waals surface area contributed by atoms with Crippen LogP contribution in [0.5, 0.6) is 5.75 Å². The number of hydrogen-bond acceptors (Lipinski definition) is 4. The second-order valence-electron chi connectivity index (χ2n) is 3.34. The quantitative estimate of drug-likeness (QED) is 0.644. The second kappa shape index (κ2) is 6.48. The molecular weight excluding hydrogens is 260 g/mol. The monoisotopic (exact) mass is 271 g/mol. The van der Waals surface area contributed by atoms with Crippen LogP contribution in [0.15, 0.2) is 24.3 Å². The zero-order valence-electron chi connectivity index (χ0n) is 9.98. The van der Waals surface area contributed by atoms with Gasteiger partial charge in [-0.1, -0.05) is 0 Å². The van der Waals surface area contributed by atoms with Crippen molar-refractivity contribution in [2.24, 2.45) is 5.73 Å². The topological polar surface area (TPSA) is 78.6 Å². The summed E-state index contributed by atoms with van der Waals surface area (Å²) >= 11 is 0. The Hall–Kier alpha value is -2.44. The van der Waals surface area contributed by atoms with Crippen LogP contribution >= 0.6 is 0 Å². The minimum absolute atomic E-state index is 0.157. The van der Waals surface area contributed by atoms with Crippen molar-refractivity contribution < 1.29 is 27.8 Å². The molecule has 1 amide bonds. The fourth-order valence-electron chi connectivity index (χ4n) is 1.22. The third kappa shape index (κ3) is 3.77. The predicted molar refractivity (Wildman–Crippen MR) is 61.5 cm³/mol. The summed E-state index contributed by atoms with van der Waals surface area (Å²) in [4.78, 5) is 21.6. The van der Waals surface area contributed by atoms with Gasteiger partial charge in [0.25, 0.3) is 5.91 Å². The molecule has 0 aliphatic carbocycles. The van der Waals surface area contributed by atoms with Crippen molar-refractivity contribution in [3.8, 4) is 5.75 Å². The summed E-state index contributed by atoms with van der Waals surface area (Å²) in [5.41, 5.74) is 3.98. The molecule has 0 saturated carbocycles. The van der Waals surface area contributed by atoms with E-state index in [-0.39, 0.29) is 12.4 Å². The zero-order chi connectivity index (χ0) is 14.4. The summed E-state index contributed by atoms with van der Waals surface area (Å²) in [5, 5.41) is 0. The highest BCUT2D eigenvalue weighted by molar-refractivity contribution is 5.93. The van der Waals surface area contributed by atoms with Crippen LogP contribution in [0.1, 0.15) is 10.4 Å². The van der Waals surface area contributed by atoms with Crippen LogP contribution in [0.3, 0.4) is 0 Å². The molecule has 0 radical (unpaired) electrons. The highest BCUT2D eigenvalue weighted by Gasteiger charge is 2.18. The average molecular weight is 271 g/mol. The number of hydrogen-bond donors (Lipinski definition) is 1. The van der Waals surface area contributed by atoms with Crippen LogP contribution in [0.25, 0.3) is 0 Å². The van der Waals surface area contributed by atoms with Crippen molar-refractivity contribution in [1.29, 1.82) is 0 Å². The lowest BCUT2D eigenvalue weighted by molar-refractivity contribution is -0.134. The van der Waals surface area contributed by atoms with E-state index < -0.39 is 29.1 Å². The van der Waals surface area contributed by atoms with Crippen molar-refractivity contribution in [3.63, 3.8) is 0 Å². The van der Waals surface area contributed by atoms with E-state index in [9.17, 15) is 18.4 Å². The third-order valence-corrected chi connectivity index (χ3v) is 2.09. The zero-order valence-corrected chi connectivity index (χ0v) is 9.98. The van der Waals surface area contributed by atoms with E-state index in [0.29, 0.717) is 0 Å². The molecule has 19 heavy (non-hydrogen) atoms. The number of ether oxygens (including phenoxy) is 2. The van der Waals surface area contributed by atoms with Crippen LogP contribution in [0.4, 0.5) is 8.78 Å². The molecule has 0 heterocycles. The van der Waals surface area contributed by atoms with Gasteiger partial charge in [0.1, 0.15) is 18.0 Å². The number of primary amides is 1. The third-order valence-electron chi connectivity index (χ3n) is 2.09. The second-order valence-corrected chi connectivity index (χ2v) is 3.34. The number of esters is 1. The summed E-state index contributed by atoms with van der Waals surface area (Å²) in [7, 11) is 1.20. The van der Waals surface area contributed by atoms with E-state index in [2.05, 4.69) is 4.74 Å². The van der Waals surface area contributed by atoms with E-state index in [4.69, 9.17) is 10.5 Å². The van der Waals surface area contributed by atoms with Gasteiger partial charge >= 0.3 is 5.97 Å². The molecule has 2 N–H and O–H groups in total. The number of nitrogens with two attached hydrogens (primary N) is 1. The number of rotatable bonds is 5. The summed E-state index contributed by atoms with van der Waals surface area (Å²) in [5.74, 6) is -4.42. The Morgan fingerprint density at radius 1 is 1.37 bits per heavy atom. The van der Waals surface area contributed by atoms with Gasteiger partial charge in [-0.3, -0.25) is 4.79 Å².